The minimum atomic E-state index is -0.489. The van der Waals surface area contributed by atoms with Gasteiger partial charge in [0.1, 0.15) is 22.0 Å². The van der Waals surface area contributed by atoms with Crippen molar-refractivity contribution < 1.29 is 18.8 Å². The fourth-order valence-corrected chi connectivity index (χ4v) is 3.41. The Hall–Kier alpha value is -2.64. The Morgan fingerprint density at radius 1 is 1.31 bits per heavy atom. The zero-order valence-corrected chi connectivity index (χ0v) is 15.6. The third kappa shape index (κ3) is 3.49. The van der Waals surface area contributed by atoms with Crippen molar-refractivity contribution in [2.45, 2.75) is 13.8 Å². The van der Waals surface area contributed by atoms with Gasteiger partial charge in [-0.25, -0.2) is 4.79 Å². The van der Waals surface area contributed by atoms with Crippen LogP contribution in [0.3, 0.4) is 0 Å². The van der Waals surface area contributed by atoms with Gasteiger partial charge < -0.3 is 14.6 Å². The lowest BCUT2D eigenvalue weighted by molar-refractivity contribution is 0.0528. The van der Waals surface area contributed by atoms with Crippen molar-refractivity contribution in [3.8, 4) is 11.3 Å². The lowest BCUT2D eigenvalue weighted by Crippen LogP contribution is -2.15. The largest absolute Gasteiger partial charge is 0.462 e. The van der Waals surface area contributed by atoms with Crippen molar-refractivity contribution in [1.29, 1.82) is 0 Å². The summed E-state index contributed by atoms with van der Waals surface area (Å²) in [4.78, 5) is 24.8. The molecule has 3 aromatic rings. The summed E-state index contributed by atoms with van der Waals surface area (Å²) in [5, 5.41) is 9.28. The summed E-state index contributed by atoms with van der Waals surface area (Å²) in [5.41, 5.74) is 1.51. The molecule has 1 amide bonds. The van der Waals surface area contributed by atoms with Crippen molar-refractivity contribution in [2.24, 2.45) is 0 Å². The third-order valence-corrected chi connectivity index (χ3v) is 4.77. The van der Waals surface area contributed by atoms with Crippen molar-refractivity contribution in [3.63, 3.8) is 0 Å². The second-order valence-corrected chi connectivity index (χ2v) is 6.60. The first kappa shape index (κ1) is 18.2. The first-order valence-corrected chi connectivity index (χ1v) is 9.05. The normalized spacial score (nSPS) is 10.6. The molecule has 0 fully saturated rings. The van der Waals surface area contributed by atoms with Gasteiger partial charge in [-0.3, -0.25) is 4.79 Å². The molecule has 0 spiro atoms. The van der Waals surface area contributed by atoms with Gasteiger partial charge in [0.25, 0.3) is 5.91 Å². The van der Waals surface area contributed by atoms with E-state index in [2.05, 4.69) is 10.5 Å². The first-order chi connectivity index (χ1) is 12.5. The van der Waals surface area contributed by atoms with Crippen LogP contribution in [-0.2, 0) is 4.74 Å². The van der Waals surface area contributed by atoms with Crippen LogP contribution in [0.4, 0.5) is 5.00 Å². The lowest BCUT2D eigenvalue weighted by atomic mass is 10.1. The number of nitrogens with one attached hydrogen (secondary N) is 1. The van der Waals surface area contributed by atoms with E-state index < -0.39 is 11.9 Å². The number of anilines is 1. The van der Waals surface area contributed by atoms with Crippen LogP contribution in [0.2, 0.25) is 5.02 Å². The first-order valence-electron chi connectivity index (χ1n) is 7.80. The van der Waals surface area contributed by atoms with Crippen LogP contribution in [0.25, 0.3) is 11.3 Å². The number of nitrogens with zero attached hydrogens (tertiary/aromatic N) is 1. The molecule has 1 aromatic carbocycles. The number of benzene rings is 1. The maximum absolute atomic E-state index is 12.8. The van der Waals surface area contributed by atoms with Crippen LogP contribution < -0.4 is 5.32 Å². The van der Waals surface area contributed by atoms with Crippen LogP contribution in [0.15, 0.2) is 40.2 Å². The number of carbonyl (C=O) groups excluding carboxylic acids is 2. The molecule has 0 saturated heterocycles. The predicted molar refractivity (Wildman–Crippen MR) is 99.9 cm³/mol. The quantitative estimate of drug-likeness (QED) is 0.633. The summed E-state index contributed by atoms with van der Waals surface area (Å²) in [5.74, 6) is -0.573. The molecule has 2 aromatic heterocycles. The Labute approximate surface area is 158 Å². The standard InChI is InChI=1S/C18H15ClN2O4S/c1-3-24-18(23)12-8-9-26-17(12)20-16(22)14-10(2)25-21-15(14)11-6-4-5-7-13(11)19/h4-9H,3H2,1-2H3,(H,20,22). The summed E-state index contributed by atoms with van der Waals surface area (Å²) < 4.78 is 10.2. The molecule has 3 rings (SSSR count). The van der Waals surface area contributed by atoms with Crippen LogP contribution in [0.1, 0.15) is 33.4 Å². The van der Waals surface area contributed by atoms with E-state index in [9.17, 15) is 9.59 Å². The summed E-state index contributed by atoms with van der Waals surface area (Å²) in [6.07, 6.45) is 0. The second kappa shape index (κ2) is 7.72. The molecule has 0 bridgehead atoms. The molecule has 134 valence electrons. The molecular weight excluding hydrogens is 376 g/mol. The van der Waals surface area contributed by atoms with Gasteiger partial charge in [0.15, 0.2) is 0 Å². The predicted octanol–water partition coefficient (Wildman–Crippen LogP) is 4.79. The van der Waals surface area contributed by atoms with Crippen LogP contribution in [0.5, 0.6) is 0 Å². The summed E-state index contributed by atoms with van der Waals surface area (Å²) in [6, 6.07) is 8.65. The SMILES string of the molecule is CCOC(=O)c1ccsc1NC(=O)c1c(-c2ccccc2Cl)noc1C. The Morgan fingerprint density at radius 3 is 2.81 bits per heavy atom. The van der Waals surface area contributed by atoms with Gasteiger partial charge in [-0.2, -0.15) is 0 Å². The van der Waals surface area contributed by atoms with Gasteiger partial charge in [0.2, 0.25) is 0 Å². The van der Waals surface area contributed by atoms with Gasteiger partial charge in [0.05, 0.1) is 17.2 Å². The molecule has 8 heteroatoms. The molecule has 26 heavy (non-hydrogen) atoms. The average Bonchev–Trinajstić information content (AvgIpc) is 3.22. The Kier molecular flexibility index (Phi) is 5.39. The summed E-state index contributed by atoms with van der Waals surface area (Å²) >= 11 is 7.45. The van der Waals surface area contributed by atoms with Gasteiger partial charge >= 0.3 is 5.97 Å². The minimum absolute atomic E-state index is 0.253. The number of esters is 1. The number of hydrogen-bond donors (Lipinski definition) is 1. The number of aromatic nitrogens is 1. The highest BCUT2D eigenvalue weighted by atomic mass is 35.5. The average molecular weight is 391 g/mol. The number of halogens is 1. The summed E-state index contributed by atoms with van der Waals surface area (Å²) in [7, 11) is 0. The van der Waals surface area contributed by atoms with E-state index in [1.807, 2.05) is 0 Å². The highest BCUT2D eigenvalue weighted by molar-refractivity contribution is 7.14. The second-order valence-electron chi connectivity index (χ2n) is 5.28. The van der Waals surface area contributed by atoms with E-state index in [0.717, 1.165) is 0 Å². The van der Waals surface area contributed by atoms with E-state index in [1.54, 1.807) is 49.6 Å². The third-order valence-electron chi connectivity index (χ3n) is 3.61. The highest BCUT2D eigenvalue weighted by Gasteiger charge is 2.25. The maximum Gasteiger partial charge on any atom is 0.341 e. The topological polar surface area (TPSA) is 81.4 Å². The number of carbonyl (C=O) groups is 2. The molecule has 0 aliphatic rings. The Morgan fingerprint density at radius 2 is 2.08 bits per heavy atom. The molecule has 0 unspecified atom stereocenters. The monoisotopic (exact) mass is 390 g/mol. The Balaban J connectivity index is 1.93. The zero-order chi connectivity index (χ0) is 18.7. The summed E-state index contributed by atoms with van der Waals surface area (Å²) in [6.45, 7) is 3.62. The number of rotatable bonds is 5. The molecule has 0 aliphatic carbocycles. The molecule has 0 saturated carbocycles. The van der Waals surface area contributed by atoms with Crippen LogP contribution in [-0.4, -0.2) is 23.6 Å². The van der Waals surface area contributed by atoms with E-state index in [1.165, 1.54) is 11.3 Å². The highest BCUT2D eigenvalue weighted by Crippen LogP contribution is 2.32. The fourth-order valence-electron chi connectivity index (χ4n) is 2.42. The lowest BCUT2D eigenvalue weighted by Gasteiger charge is -2.07. The van der Waals surface area contributed by atoms with Crippen molar-refractivity contribution in [1.82, 2.24) is 5.16 Å². The molecule has 1 N–H and O–H groups in total. The van der Waals surface area contributed by atoms with Gasteiger partial charge in [-0.1, -0.05) is 35.0 Å². The maximum atomic E-state index is 12.8. The van der Waals surface area contributed by atoms with Crippen molar-refractivity contribution >= 4 is 39.8 Å². The molecule has 2 heterocycles. The smallest absolute Gasteiger partial charge is 0.341 e. The molecule has 0 atom stereocenters. The van der Waals surface area contributed by atoms with Gasteiger partial charge in [-0.05, 0) is 31.4 Å². The van der Waals surface area contributed by atoms with Crippen molar-refractivity contribution in [3.05, 3.63) is 57.6 Å². The number of thiophene rings is 1. The Bertz CT molecular complexity index is 964. The molecule has 6 nitrogen and oxygen atoms in total. The van der Waals surface area contributed by atoms with E-state index in [-0.39, 0.29) is 12.2 Å². The number of hydrogen-bond acceptors (Lipinski definition) is 6. The zero-order valence-electron chi connectivity index (χ0n) is 14.0. The van der Waals surface area contributed by atoms with Gasteiger partial charge in [-0.15, -0.1) is 11.3 Å². The van der Waals surface area contributed by atoms with Crippen LogP contribution >= 0.6 is 22.9 Å². The number of aryl methyl sites for hydroxylation is 1. The van der Waals surface area contributed by atoms with Crippen LogP contribution in [0, 0.1) is 6.92 Å². The number of ether oxygens (including phenoxy) is 1. The van der Waals surface area contributed by atoms with E-state index in [0.29, 0.717) is 32.6 Å². The van der Waals surface area contributed by atoms with E-state index in [4.69, 9.17) is 20.9 Å². The fraction of sp³-hybridized carbons (Fsp3) is 0.167. The van der Waals surface area contributed by atoms with Crippen molar-refractivity contribution in [2.75, 3.05) is 11.9 Å². The number of amides is 1. The minimum Gasteiger partial charge on any atom is -0.462 e. The molecule has 0 aliphatic heterocycles. The molecule has 0 radical (unpaired) electrons. The van der Waals surface area contributed by atoms with E-state index >= 15 is 0 Å². The molecular formula is C18H15ClN2O4S. The van der Waals surface area contributed by atoms with Gasteiger partial charge in [0, 0.05) is 5.56 Å².